The maximum atomic E-state index is 11.8. The van der Waals surface area contributed by atoms with Crippen LogP contribution in [0.2, 0.25) is 0 Å². The maximum Gasteiger partial charge on any atom is 0.338 e. The normalized spacial score (nSPS) is 13.0. The molecule has 0 bridgehead atoms. The Morgan fingerprint density at radius 1 is 1.33 bits per heavy atom. The lowest BCUT2D eigenvalue weighted by Gasteiger charge is -2.04. The molecule has 1 aromatic carbocycles. The van der Waals surface area contributed by atoms with Gasteiger partial charge in [0.15, 0.2) is 0 Å². The number of amides is 1. The molecule has 0 unspecified atom stereocenters. The zero-order chi connectivity index (χ0) is 12.5. The number of thiophene rings is 1. The standard InChI is InChI=1S/C13H9NO3S/c15-12(11-2-1-5-18-11)14-9-4-3-8-7-17-13(16)10(8)6-9/h1-6H,7H2,(H,14,15). The summed E-state index contributed by atoms with van der Waals surface area (Å²) >= 11 is 1.37. The van der Waals surface area contributed by atoms with Crippen molar-refractivity contribution >= 4 is 28.9 Å². The summed E-state index contributed by atoms with van der Waals surface area (Å²) in [4.78, 5) is 23.9. The second kappa shape index (κ2) is 4.27. The van der Waals surface area contributed by atoms with Crippen LogP contribution in [-0.4, -0.2) is 11.9 Å². The first-order valence-electron chi connectivity index (χ1n) is 5.39. The number of hydrogen-bond acceptors (Lipinski definition) is 4. The Labute approximate surface area is 107 Å². The molecule has 2 heterocycles. The predicted octanol–water partition coefficient (Wildman–Crippen LogP) is 2.67. The Hall–Kier alpha value is -2.14. The molecular weight excluding hydrogens is 250 g/mol. The summed E-state index contributed by atoms with van der Waals surface area (Å²) < 4.78 is 4.91. The van der Waals surface area contributed by atoms with Gasteiger partial charge < -0.3 is 10.1 Å². The van der Waals surface area contributed by atoms with Crippen LogP contribution in [-0.2, 0) is 11.3 Å². The fourth-order valence-corrected chi connectivity index (χ4v) is 2.41. The third kappa shape index (κ3) is 1.89. The number of fused-ring (bicyclic) bond motifs is 1. The van der Waals surface area contributed by atoms with Crippen molar-refractivity contribution in [2.24, 2.45) is 0 Å². The van der Waals surface area contributed by atoms with Gasteiger partial charge in [-0.15, -0.1) is 11.3 Å². The minimum Gasteiger partial charge on any atom is -0.457 e. The molecule has 18 heavy (non-hydrogen) atoms. The number of ether oxygens (including phenoxy) is 1. The summed E-state index contributed by atoms with van der Waals surface area (Å²) in [6.45, 7) is 0.313. The van der Waals surface area contributed by atoms with E-state index in [2.05, 4.69) is 5.32 Å². The predicted molar refractivity (Wildman–Crippen MR) is 67.8 cm³/mol. The molecule has 1 aromatic heterocycles. The molecule has 4 nitrogen and oxygen atoms in total. The smallest absolute Gasteiger partial charge is 0.338 e. The van der Waals surface area contributed by atoms with Gasteiger partial charge in [-0.05, 0) is 23.6 Å². The highest BCUT2D eigenvalue weighted by Gasteiger charge is 2.21. The summed E-state index contributed by atoms with van der Waals surface area (Å²) in [6, 6.07) is 8.79. The molecule has 0 fully saturated rings. The molecule has 1 amide bonds. The number of esters is 1. The molecule has 0 atom stereocenters. The molecule has 5 heteroatoms. The Balaban J connectivity index is 1.84. The number of cyclic esters (lactones) is 1. The second-order valence-electron chi connectivity index (χ2n) is 3.88. The van der Waals surface area contributed by atoms with Crippen LogP contribution in [0.3, 0.4) is 0 Å². The van der Waals surface area contributed by atoms with Gasteiger partial charge in [-0.2, -0.15) is 0 Å². The van der Waals surface area contributed by atoms with Crippen LogP contribution in [0.15, 0.2) is 35.7 Å². The number of nitrogens with one attached hydrogen (secondary N) is 1. The lowest BCUT2D eigenvalue weighted by molar-refractivity contribution is 0.0535. The van der Waals surface area contributed by atoms with E-state index >= 15 is 0 Å². The molecular formula is C13H9NO3S. The van der Waals surface area contributed by atoms with E-state index in [1.54, 1.807) is 24.3 Å². The first-order chi connectivity index (χ1) is 8.74. The summed E-state index contributed by atoms with van der Waals surface area (Å²) in [5.74, 6) is -0.506. The molecule has 90 valence electrons. The minimum absolute atomic E-state index is 0.170. The van der Waals surface area contributed by atoms with E-state index in [0.29, 0.717) is 22.7 Å². The monoisotopic (exact) mass is 259 g/mol. The Kier molecular flexibility index (Phi) is 2.60. The van der Waals surface area contributed by atoms with Crippen molar-refractivity contribution in [1.29, 1.82) is 0 Å². The molecule has 0 saturated carbocycles. The molecule has 0 radical (unpaired) electrons. The van der Waals surface area contributed by atoms with Gasteiger partial charge in [0.25, 0.3) is 5.91 Å². The molecule has 1 aliphatic heterocycles. The zero-order valence-corrected chi connectivity index (χ0v) is 10.1. The van der Waals surface area contributed by atoms with Crippen molar-refractivity contribution in [3.05, 3.63) is 51.7 Å². The van der Waals surface area contributed by atoms with Gasteiger partial charge in [-0.25, -0.2) is 4.79 Å². The number of rotatable bonds is 2. The fourth-order valence-electron chi connectivity index (χ4n) is 1.79. The summed E-state index contributed by atoms with van der Waals surface area (Å²) in [5, 5.41) is 4.60. The third-order valence-electron chi connectivity index (χ3n) is 2.69. The van der Waals surface area contributed by atoms with Gasteiger partial charge in [0.05, 0.1) is 10.4 Å². The fraction of sp³-hybridized carbons (Fsp3) is 0.0769. The summed E-state index contributed by atoms with van der Waals surface area (Å²) in [6.07, 6.45) is 0. The quantitative estimate of drug-likeness (QED) is 0.843. The van der Waals surface area contributed by atoms with Crippen LogP contribution >= 0.6 is 11.3 Å². The Bertz CT molecular complexity index is 619. The van der Waals surface area contributed by atoms with Crippen LogP contribution in [0.5, 0.6) is 0 Å². The van der Waals surface area contributed by atoms with Gasteiger partial charge in [0, 0.05) is 11.3 Å². The Morgan fingerprint density at radius 2 is 2.22 bits per heavy atom. The molecule has 2 aromatic rings. The van der Waals surface area contributed by atoms with Crippen LogP contribution in [0.25, 0.3) is 0 Å². The van der Waals surface area contributed by atoms with Crippen LogP contribution < -0.4 is 5.32 Å². The maximum absolute atomic E-state index is 11.8. The first-order valence-corrected chi connectivity index (χ1v) is 6.27. The number of benzene rings is 1. The number of hydrogen-bond donors (Lipinski definition) is 1. The topological polar surface area (TPSA) is 55.4 Å². The highest BCUT2D eigenvalue weighted by atomic mass is 32.1. The summed E-state index contributed by atoms with van der Waals surface area (Å²) in [5.41, 5.74) is 1.99. The zero-order valence-electron chi connectivity index (χ0n) is 9.30. The molecule has 1 N–H and O–H groups in total. The van der Waals surface area contributed by atoms with Crippen molar-refractivity contribution in [3.63, 3.8) is 0 Å². The van der Waals surface area contributed by atoms with E-state index in [1.807, 2.05) is 11.4 Å². The lowest BCUT2D eigenvalue weighted by Crippen LogP contribution is -2.10. The average molecular weight is 259 g/mol. The molecule has 0 saturated heterocycles. The summed E-state index contributed by atoms with van der Waals surface area (Å²) in [7, 11) is 0. The van der Waals surface area contributed by atoms with Crippen molar-refractivity contribution in [2.75, 3.05) is 5.32 Å². The first kappa shape index (κ1) is 11.0. The number of anilines is 1. The van der Waals surface area contributed by atoms with Gasteiger partial charge in [0.1, 0.15) is 6.61 Å². The van der Waals surface area contributed by atoms with Crippen molar-refractivity contribution in [1.82, 2.24) is 0 Å². The van der Waals surface area contributed by atoms with Crippen molar-refractivity contribution in [3.8, 4) is 0 Å². The van der Waals surface area contributed by atoms with E-state index < -0.39 is 0 Å². The highest BCUT2D eigenvalue weighted by Crippen LogP contribution is 2.23. The Morgan fingerprint density at radius 3 is 3.00 bits per heavy atom. The third-order valence-corrected chi connectivity index (χ3v) is 3.56. The number of carbonyl (C=O) groups excluding carboxylic acids is 2. The molecule has 0 aliphatic carbocycles. The second-order valence-corrected chi connectivity index (χ2v) is 4.83. The highest BCUT2D eigenvalue weighted by molar-refractivity contribution is 7.12. The van der Waals surface area contributed by atoms with Gasteiger partial charge in [0.2, 0.25) is 0 Å². The van der Waals surface area contributed by atoms with Crippen molar-refractivity contribution < 1.29 is 14.3 Å². The van der Waals surface area contributed by atoms with Gasteiger partial charge >= 0.3 is 5.97 Å². The molecule has 3 rings (SSSR count). The van der Waals surface area contributed by atoms with E-state index in [0.717, 1.165) is 5.56 Å². The lowest BCUT2D eigenvalue weighted by atomic mass is 10.1. The van der Waals surface area contributed by atoms with E-state index in [4.69, 9.17) is 4.74 Å². The van der Waals surface area contributed by atoms with Crippen LogP contribution in [0.1, 0.15) is 25.6 Å². The van der Waals surface area contributed by atoms with Crippen LogP contribution in [0, 0.1) is 0 Å². The van der Waals surface area contributed by atoms with E-state index in [9.17, 15) is 9.59 Å². The largest absolute Gasteiger partial charge is 0.457 e. The van der Waals surface area contributed by atoms with Gasteiger partial charge in [-0.1, -0.05) is 12.1 Å². The minimum atomic E-state index is -0.336. The SMILES string of the molecule is O=C(Nc1ccc2c(c1)C(=O)OC2)c1cccs1. The molecule has 0 spiro atoms. The van der Waals surface area contributed by atoms with Gasteiger partial charge in [-0.3, -0.25) is 4.79 Å². The molecule has 1 aliphatic rings. The number of carbonyl (C=O) groups is 2. The average Bonchev–Trinajstić information content (AvgIpc) is 3.00. The van der Waals surface area contributed by atoms with Crippen molar-refractivity contribution in [2.45, 2.75) is 6.61 Å². The van der Waals surface area contributed by atoms with E-state index in [1.165, 1.54) is 11.3 Å². The van der Waals surface area contributed by atoms with Crippen LogP contribution in [0.4, 0.5) is 5.69 Å². The van der Waals surface area contributed by atoms with E-state index in [-0.39, 0.29) is 11.9 Å².